The lowest BCUT2D eigenvalue weighted by Gasteiger charge is -2.34. The van der Waals surface area contributed by atoms with Crippen molar-refractivity contribution in [2.45, 2.75) is 40.7 Å². The van der Waals surface area contributed by atoms with Gasteiger partial charge < -0.3 is 10.5 Å². The lowest BCUT2D eigenvalue weighted by atomic mass is 10.0. The molecule has 1 unspecified atom stereocenters. The fraction of sp³-hybridized carbons (Fsp3) is 0.667. The minimum Gasteiger partial charge on any atom is -0.494 e. The van der Waals surface area contributed by atoms with Gasteiger partial charge in [0.1, 0.15) is 5.75 Å². The highest BCUT2D eigenvalue weighted by molar-refractivity contribution is 5.29. The molecule has 0 amide bonds. The van der Waals surface area contributed by atoms with Crippen LogP contribution in [0.2, 0.25) is 0 Å². The van der Waals surface area contributed by atoms with Crippen LogP contribution in [-0.2, 0) is 0 Å². The molecule has 0 heterocycles. The molecule has 1 rings (SSSR count). The van der Waals surface area contributed by atoms with Crippen molar-refractivity contribution < 1.29 is 4.74 Å². The van der Waals surface area contributed by atoms with Crippen LogP contribution in [0.5, 0.6) is 5.75 Å². The molecule has 0 radical (unpaired) electrons. The van der Waals surface area contributed by atoms with Crippen molar-refractivity contribution in [3.63, 3.8) is 0 Å². The molecule has 120 valence electrons. The summed E-state index contributed by atoms with van der Waals surface area (Å²) in [5.74, 6) is 2.21. The van der Waals surface area contributed by atoms with E-state index in [1.807, 2.05) is 19.1 Å². The standard InChI is InChI=1S/C18H32N2O/c1-6-21-17-9-7-16(8-10-17)18(11-19)20(12-14(2)3)13-15(4)5/h7-10,14-15,18H,6,11-13,19H2,1-5H3. The van der Waals surface area contributed by atoms with Gasteiger partial charge in [0.2, 0.25) is 0 Å². The third-order valence-corrected chi connectivity index (χ3v) is 3.44. The molecule has 0 aliphatic carbocycles. The number of nitrogens with two attached hydrogens (primary N) is 1. The molecule has 0 aliphatic heterocycles. The Morgan fingerprint density at radius 3 is 1.90 bits per heavy atom. The van der Waals surface area contributed by atoms with Crippen LogP contribution in [0.4, 0.5) is 0 Å². The van der Waals surface area contributed by atoms with Crippen molar-refractivity contribution in [1.82, 2.24) is 4.90 Å². The van der Waals surface area contributed by atoms with E-state index in [0.717, 1.165) is 18.8 Å². The first kappa shape index (κ1) is 18.0. The fourth-order valence-corrected chi connectivity index (χ4v) is 2.72. The molecular weight excluding hydrogens is 260 g/mol. The van der Waals surface area contributed by atoms with E-state index < -0.39 is 0 Å². The molecule has 0 saturated heterocycles. The van der Waals surface area contributed by atoms with E-state index in [-0.39, 0.29) is 6.04 Å². The van der Waals surface area contributed by atoms with E-state index >= 15 is 0 Å². The second-order valence-corrected chi connectivity index (χ2v) is 6.50. The molecule has 0 bridgehead atoms. The van der Waals surface area contributed by atoms with Gasteiger partial charge in [-0.2, -0.15) is 0 Å². The minimum absolute atomic E-state index is 0.283. The van der Waals surface area contributed by atoms with Crippen molar-refractivity contribution >= 4 is 0 Å². The highest BCUT2D eigenvalue weighted by Crippen LogP contribution is 2.24. The zero-order valence-electron chi connectivity index (χ0n) is 14.3. The summed E-state index contributed by atoms with van der Waals surface area (Å²) < 4.78 is 5.52. The lowest BCUT2D eigenvalue weighted by molar-refractivity contribution is 0.160. The van der Waals surface area contributed by atoms with E-state index in [9.17, 15) is 0 Å². The normalized spacial score (nSPS) is 13.2. The molecular formula is C18H32N2O. The Hall–Kier alpha value is -1.06. The molecule has 0 aliphatic rings. The van der Waals surface area contributed by atoms with Gasteiger partial charge in [-0.05, 0) is 36.5 Å². The Labute approximate surface area is 130 Å². The van der Waals surface area contributed by atoms with E-state index in [0.29, 0.717) is 25.0 Å². The maximum atomic E-state index is 6.08. The largest absolute Gasteiger partial charge is 0.494 e. The number of nitrogens with zero attached hydrogens (tertiary/aromatic N) is 1. The Balaban J connectivity index is 2.89. The summed E-state index contributed by atoms with van der Waals surface area (Å²) in [7, 11) is 0. The SMILES string of the molecule is CCOc1ccc(C(CN)N(CC(C)C)CC(C)C)cc1. The highest BCUT2D eigenvalue weighted by atomic mass is 16.5. The fourth-order valence-electron chi connectivity index (χ4n) is 2.72. The zero-order valence-corrected chi connectivity index (χ0v) is 14.3. The van der Waals surface area contributed by atoms with Gasteiger partial charge >= 0.3 is 0 Å². The van der Waals surface area contributed by atoms with E-state index in [1.54, 1.807) is 0 Å². The smallest absolute Gasteiger partial charge is 0.119 e. The summed E-state index contributed by atoms with van der Waals surface area (Å²) in [6.07, 6.45) is 0. The molecule has 21 heavy (non-hydrogen) atoms. The monoisotopic (exact) mass is 292 g/mol. The first-order valence-corrected chi connectivity index (χ1v) is 8.14. The molecule has 1 aromatic rings. The van der Waals surface area contributed by atoms with Gasteiger partial charge in [0.15, 0.2) is 0 Å². The molecule has 1 aromatic carbocycles. The third-order valence-electron chi connectivity index (χ3n) is 3.44. The summed E-state index contributed by atoms with van der Waals surface area (Å²) in [4.78, 5) is 2.52. The number of ether oxygens (including phenoxy) is 1. The number of benzene rings is 1. The average Bonchev–Trinajstić information content (AvgIpc) is 2.40. The van der Waals surface area contributed by atoms with Gasteiger partial charge in [-0.15, -0.1) is 0 Å². The molecule has 1 atom stereocenters. The summed E-state index contributed by atoms with van der Waals surface area (Å²) in [6, 6.07) is 8.67. The van der Waals surface area contributed by atoms with Crippen molar-refractivity contribution in [1.29, 1.82) is 0 Å². The Bertz CT molecular complexity index is 377. The Kier molecular flexibility index (Phi) is 7.76. The van der Waals surface area contributed by atoms with Crippen molar-refractivity contribution in [3.8, 4) is 5.75 Å². The van der Waals surface area contributed by atoms with Crippen LogP contribution in [0.3, 0.4) is 0 Å². The van der Waals surface area contributed by atoms with E-state index in [4.69, 9.17) is 10.5 Å². The molecule has 0 aromatic heterocycles. The predicted octanol–water partition coefficient (Wildman–Crippen LogP) is 3.70. The Morgan fingerprint density at radius 1 is 1.00 bits per heavy atom. The average molecular weight is 292 g/mol. The zero-order chi connectivity index (χ0) is 15.8. The van der Waals surface area contributed by atoms with Crippen molar-refractivity contribution in [3.05, 3.63) is 29.8 Å². The van der Waals surface area contributed by atoms with Crippen LogP contribution in [0.25, 0.3) is 0 Å². The summed E-state index contributed by atoms with van der Waals surface area (Å²) >= 11 is 0. The van der Waals surface area contributed by atoms with Gasteiger partial charge in [-0.3, -0.25) is 4.90 Å². The van der Waals surface area contributed by atoms with Crippen molar-refractivity contribution in [2.75, 3.05) is 26.2 Å². The molecule has 0 saturated carbocycles. The van der Waals surface area contributed by atoms with Gasteiger partial charge in [0.05, 0.1) is 6.61 Å². The number of rotatable bonds is 9. The lowest BCUT2D eigenvalue weighted by Crippen LogP contribution is -2.38. The molecule has 0 fully saturated rings. The predicted molar refractivity (Wildman–Crippen MR) is 90.7 cm³/mol. The van der Waals surface area contributed by atoms with E-state index in [2.05, 4.69) is 44.7 Å². The maximum absolute atomic E-state index is 6.08. The van der Waals surface area contributed by atoms with Crippen LogP contribution in [0.15, 0.2) is 24.3 Å². The number of hydrogen-bond donors (Lipinski definition) is 1. The second kappa shape index (κ2) is 9.06. The molecule has 3 nitrogen and oxygen atoms in total. The van der Waals surface area contributed by atoms with Crippen LogP contribution in [0.1, 0.15) is 46.2 Å². The van der Waals surface area contributed by atoms with E-state index in [1.165, 1.54) is 5.56 Å². The van der Waals surface area contributed by atoms with Gasteiger partial charge in [0.25, 0.3) is 0 Å². The topological polar surface area (TPSA) is 38.5 Å². The highest BCUT2D eigenvalue weighted by Gasteiger charge is 2.20. The first-order chi connectivity index (χ1) is 9.97. The van der Waals surface area contributed by atoms with Crippen LogP contribution in [0, 0.1) is 11.8 Å². The summed E-state index contributed by atoms with van der Waals surface area (Å²) in [5, 5.41) is 0. The first-order valence-electron chi connectivity index (χ1n) is 8.14. The summed E-state index contributed by atoms with van der Waals surface area (Å²) in [6.45, 7) is 14.6. The third kappa shape index (κ3) is 6.06. The molecule has 3 heteroatoms. The Morgan fingerprint density at radius 2 is 1.52 bits per heavy atom. The van der Waals surface area contributed by atoms with Crippen LogP contribution >= 0.6 is 0 Å². The van der Waals surface area contributed by atoms with Crippen molar-refractivity contribution in [2.24, 2.45) is 17.6 Å². The summed E-state index contributed by atoms with van der Waals surface area (Å²) in [5.41, 5.74) is 7.36. The molecule has 2 N–H and O–H groups in total. The minimum atomic E-state index is 0.283. The quantitative estimate of drug-likeness (QED) is 0.754. The van der Waals surface area contributed by atoms with Gasteiger partial charge in [-0.25, -0.2) is 0 Å². The van der Waals surface area contributed by atoms with Gasteiger partial charge in [0, 0.05) is 25.7 Å². The maximum Gasteiger partial charge on any atom is 0.119 e. The molecule has 0 spiro atoms. The van der Waals surface area contributed by atoms with Crippen LogP contribution < -0.4 is 10.5 Å². The van der Waals surface area contributed by atoms with Gasteiger partial charge in [-0.1, -0.05) is 39.8 Å². The number of hydrogen-bond acceptors (Lipinski definition) is 3. The second-order valence-electron chi connectivity index (χ2n) is 6.50. The van der Waals surface area contributed by atoms with Crippen LogP contribution in [-0.4, -0.2) is 31.1 Å².